The summed E-state index contributed by atoms with van der Waals surface area (Å²) in [5.41, 5.74) is 1.16. The van der Waals surface area contributed by atoms with E-state index in [-0.39, 0.29) is 60.4 Å². The number of nitrogens with zero attached hydrogens (tertiary/aromatic N) is 4. The molecule has 2 N–H and O–H groups in total. The molecule has 0 aliphatic carbocycles. The minimum absolute atomic E-state index is 0.0598. The maximum absolute atomic E-state index is 14.1. The minimum atomic E-state index is -0.874. The Morgan fingerprint density at radius 1 is 0.963 bits per heavy atom. The highest BCUT2D eigenvalue weighted by Crippen LogP contribution is 2.31. The first kappa shape index (κ1) is 44.4. The quantitative estimate of drug-likeness (QED) is 0.192. The molecule has 1 aliphatic heterocycles. The lowest BCUT2D eigenvalue weighted by Gasteiger charge is -2.38. The van der Waals surface area contributed by atoms with Gasteiger partial charge in [-0.25, -0.2) is 9.78 Å². The summed E-state index contributed by atoms with van der Waals surface area (Å²) in [6.45, 7) is 12.5. The maximum atomic E-state index is 14.1. The van der Waals surface area contributed by atoms with Crippen LogP contribution in [-0.2, 0) is 30.3 Å². The third-order valence-corrected chi connectivity index (χ3v) is 10.9. The number of carbonyl (C=O) groups is 5. The van der Waals surface area contributed by atoms with Crippen molar-refractivity contribution in [1.82, 2.24) is 30.3 Å². The smallest absolute Gasteiger partial charge is 0.409 e. The monoisotopic (exact) mass is 770 g/mol. The number of hydrogen-bond acceptors (Lipinski definition) is 10. The Morgan fingerprint density at radius 2 is 1.65 bits per heavy atom. The summed E-state index contributed by atoms with van der Waals surface area (Å²) in [6, 6.07) is 7.90. The Labute approximate surface area is 325 Å². The number of aromatic nitrogens is 1. The van der Waals surface area contributed by atoms with Crippen molar-refractivity contribution < 1.29 is 33.4 Å². The van der Waals surface area contributed by atoms with Crippen LogP contribution in [0.2, 0.25) is 0 Å². The average molecular weight is 771 g/mol. The van der Waals surface area contributed by atoms with Gasteiger partial charge in [0.05, 0.1) is 18.6 Å². The lowest BCUT2D eigenvalue weighted by atomic mass is 9.94. The third kappa shape index (κ3) is 12.8. The largest absolute Gasteiger partial charge is 0.466 e. The van der Waals surface area contributed by atoms with Crippen LogP contribution in [0, 0.1) is 17.8 Å². The van der Waals surface area contributed by atoms with Gasteiger partial charge in [0.25, 0.3) is 5.91 Å². The number of ether oxygens (including phenoxy) is 2. The lowest BCUT2D eigenvalue weighted by Crippen LogP contribution is -2.57. The normalized spacial score (nSPS) is 17.5. The van der Waals surface area contributed by atoms with Gasteiger partial charge in [-0.3, -0.25) is 24.1 Å². The summed E-state index contributed by atoms with van der Waals surface area (Å²) in [5, 5.41) is 8.16. The van der Waals surface area contributed by atoms with Gasteiger partial charge in [0.1, 0.15) is 16.7 Å². The number of likely N-dealkylation sites (tertiary alicyclic amines) is 1. The zero-order valence-corrected chi connectivity index (χ0v) is 34.6. The second-order valence-corrected chi connectivity index (χ2v) is 16.2. The van der Waals surface area contributed by atoms with E-state index in [4.69, 9.17) is 9.47 Å². The minimum Gasteiger partial charge on any atom is -0.466 e. The van der Waals surface area contributed by atoms with Gasteiger partial charge in [-0.05, 0) is 63.6 Å². The lowest BCUT2D eigenvalue weighted by molar-refractivity contribution is -0.147. The predicted octanol–water partition coefficient (Wildman–Crippen LogP) is 5.31. The number of nitrogens with one attached hydrogen (secondary N) is 2. The van der Waals surface area contributed by atoms with Crippen LogP contribution >= 0.6 is 11.3 Å². The Balaban J connectivity index is 1.85. The standard InChI is InChI=1S/C40H62N6O7S/c1-11-52-39(50)27(6)21-29(22-28-17-13-12-14-18-28)41-35(47)30-24-54-37(42-30)33(53-40(51)44(7)8)23-32(25(2)3)46(10)38(49)34(26(4)5)43-36(48)31-19-15-16-20-45(31)9/h12-14,17-18,24-27,29,31-34H,11,15-16,19-23H2,1-10H3,(H,41,47)(H,43,48)/t27-,29+,31+,32+,33+,34-/m0/s1. The Kier molecular flexibility index (Phi) is 17.4. The molecule has 1 aromatic heterocycles. The number of benzene rings is 1. The van der Waals surface area contributed by atoms with Crippen LogP contribution in [0.5, 0.6) is 0 Å². The number of thiazole rings is 1. The summed E-state index contributed by atoms with van der Waals surface area (Å²) >= 11 is 1.20. The van der Waals surface area contributed by atoms with E-state index in [2.05, 4.69) is 15.6 Å². The first-order valence-corrected chi connectivity index (χ1v) is 20.0. The fourth-order valence-electron chi connectivity index (χ4n) is 6.77. The molecule has 2 heterocycles. The molecule has 1 saturated heterocycles. The topological polar surface area (TPSA) is 150 Å². The zero-order valence-electron chi connectivity index (χ0n) is 33.8. The molecule has 6 atom stereocenters. The van der Waals surface area contributed by atoms with Crippen LogP contribution in [-0.4, -0.2) is 115 Å². The summed E-state index contributed by atoms with van der Waals surface area (Å²) in [4.78, 5) is 76.3. The van der Waals surface area contributed by atoms with Gasteiger partial charge in [-0.2, -0.15) is 0 Å². The molecule has 1 aromatic carbocycles. The number of esters is 1. The maximum Gasteiger partial charge on any atom is 0.409 e. The zero-order chi connectivity index (χ0) is 40.1. The van der Waals surface area contributed by atoms with E-state index in [1.165, 1.54) is 16.2 Å². The Morgan fingerprint density at radius 3 is 2.24 bits per heavy atom. The summed E-state index contributed by atoms with van der Waals surface area (Å²) < 4.78 is 11.2. The number of hydrogen-bond donors (Lipinski definition) is 2. The van der Waals surface area contributed by atoms with Gasteiger partial charge in [0.2, 0.25) is 11.8 Å². The van der Waals surface area contributed by atoms with Crippen molar-refractivity contribution >= 4 is 41.1 Å². The first-order valence-electron chi connectivity index (χ1n) is 19.2. The highest BCUT2D eigenvalue weighted by molar-refractivity contribution is 7.09. The molecule has 0 radical (unpaired) electrons. The molecule has 14 heteroatoms. The number of piperidine rings is 1. The molecule has 0 saturated carbocycles. The second kappa shape index (κ2) is 21.2. The molecule has 0 spiro atoms. The van der Waals surface area contributed by atoms with E-state index in [9.17, 15) is 24.0 Å². The summed E-state index contributed by atoms with van der Waals surface area (Å²) in [6.07, 6.45) is 2.38. The highest BCUT2D eigenvalue weighted by atomic mass is 32.1. The van der Waals surface area contributed by atoms with E-state index in [0.29, 0.717) is 17.8 Å². The van der Waals surface area contributed by atoms with Crippen LogP contribution in [0.15, 0.2) is 35.7 Å². The molecule has 13 nitrogen and oxygen atoms in total. The predicted molar refractivity (Wildman–Crippen MR) is 210 cm³/mol. The molecule has 4 amide bonds. The van der Waals surface area contributed by atoms with Gasteiger partial charge in [-0.15, -0.1) is 11.3 Å². The van der Waals surface area contributed by atoms with Gasteiger partial charge in [0.15, 0.2) is 6.10 Å². The molecule has 300 valence electrons. The van der Waals surface area contributed by atoms with Gasteiger partial charge >= 0.3 is 12.1 Å². The fourth-order valence-corrected chi connectivity index (χ4v) is 7.61. The molecule has 3 rings (SSSR count). The van der Waals surface area contributed by atoms with Crippen LogP contribution in [0.3, 0.4) is 0 Å². The van der Waals surface area contributed by atoms with E-state index in [1.54, 1.807) is 45.3 Å². The van der Waals surface area contributed by atoms with Crippen molar-refractivity contribution in [2.45, 2.75) is 110 Å². The van der Waals surface area contributed by atoms with E-state index in [0.717, 1.165) is 31.4 Å². The van der Waals surface area contributed by atoms with E-state index >= 15 is 0 Å². The van der Waals surface area contributed by atoms with Crippen molar-refractivity contribution in [3.8, 4) is 0 Å². The molecule has 0 bridgehead atoms. The second-order valence-electron chi connectivity index (χ2n) is 15.3. The van der Waals surface area contributed by atoms with Crippen molar-refractivity contribution in [3.05, 3.63) is 52.0 Å². The van der Waals surface area contributed by atoms with Crippen molar-refractivity contribution in [1.29, 1.82) is 0 Å². The first-order chi connectivity index (χ1) is 25.5. The van der Waals surface area contributed by atoms with Crippen molar-refractivity contribution in [2.24, 2.45) is 17.8 Å². The number of rotatable bonds is 18. The number of carbonyl (C=O) groups excluding carboxylic acids is 5. The molecule has 1 fully saturated rings. The van der Waals surface area contributed by atoms with Crippen LogP contribution in [0.4, 0.5) is 4.79 Å². The average Bonchev–Trinajstić information content (AvgIpc) is 3.62. The number of amides is 4. The third-order valence-electron chi connectivity index (χ3n) is 10.00. The Bertz CT molecular complexity index is 1530. The fraction of sp³-hybridized carbons (Fsp3) is 0.650. The van der Waals surface area contributed by atoms with Gasteiger partial charge < -0.3 is 29.9 Å². The van der Waals surface area contributed by atoms with Gasteiger partial charge in [-0.1, -0.05) is 71.4 Å². The SMILES string of the molecule is CCOC(=O)[C@@H](C)C[C@H](Cc1ccccc1)NC(=O)c1csc([C@@H](C[C@H](C(C)C)N(C)C(=O)[C@@H](NC(=O)[C@H]2CCCCN2C)C(C)C)OC(=O)N(C)C)n1. The van der Waals surface area contributed by atoms with Crippen molar-refractivity contribution in [3.63, 3.8) is 0 Å². The molecule has 2 aromatic rings. The van der Waals surface area contributed by atoms with Crippen LogP contribution < -0.4 is 10.6 Å². The summed E-state index contributed by atoms with van der Waals surface area (Å²) in [5.74, 6) is -1.79. The number of likely N-dealkylation sites (N-methyl/N-ethyl adjacent to an activating group) is 2. The molecule has 1 aliphatic rings. The summed E-state index contributed by atoms with van der Waals surface area (Å²) in [7, 11) is 6.82. The molecule has 54 heavy (non-hydrogen) atoms. The van der Waals surface area contributed by atoms with Crippen LogP contribution in [0.1, 0.15) is 101 Å². The van der Waals surface area contributed by atoms with Crippen molar-refractivity contribution in [2.75, 3.05) is 41.3 Å². The van der Waals surface area contributed by atoms with E-state index < -0.39 is 36.1 Å². The van der Waals surface area contributed by atoms with Crippen LogP contribution in [0.25, 0.3) is 0 Å². The van der Waals surface area contributed by atoms with Gasteiger partial charge in [0, 0.05) is 45.0 Å². The molecular weight excluding hydrogens is 709 g/mol. The molecule has 0 unspecified atom stereocenters. The molecular formula is C40H62N6O7S. The highest BCUT2D eigenvalue weighted by Gasteiger charge is 2.37. The Hall–Kier alpha value is -4.04. The van der Waals surface area contributed by atoms with E-state index in [1.807, 2.05) is 70.0 Å².